The number of carbonyl (C=O) groups is 1. The van der Waals surface area contributed by atoms with Crippen molar-refractivity contribution in [2.75, 3.05) is 0 Å². The van der Waals surface area contributed by atoms with Crippen molar-refractivity contribution >= 4 is 17.1 Å². The third kappa shape index (κ3) is 4.21. The molecular formula is C20H16N6O2. The molecule has 0 bridgehead atoms. The summed E-state index contributed by atoms with van der Waals surface area (Å²) >= 11 is 0. The minimum atomic E-state index is -0.721. The van der Waals surface area contributed by atoms with E-state index in [1.54, 1.807) is 49.1 Å². The molecule has 0 aromatic carbocycles. The number of nitrogens with zero attached hydrogens (tertiary/aromatic N) is 6. The lowest BCUT2D eigenvalue weighted by molar-refractivity contribution is 0.0997. The number of carbonyl (C=O) groups excluding carboxylic acids is 1. The van der Waals surface area contributed by atoms with Crippen LogP contribution in [0.2, 0.25) is 0 Å². The number of nitriles is 2. The number of aromatic nitrogens is 4. The second kappa shape index (κ2) is 8.58. The van der Waals surface area contributed by atoms with Gasteiger partial charge in [0.05, 0.1) is 31.1 Å². The Bertz CT molecular complexity index is 1190. The Hall–Kier alpha value is -4.01. The number of aliphatic hydroxyl groups is 1. The number of hydrogen-bond acceptors (Lipinski definition) is 6. The van der Waals surface area contributed by atoms with E-state index in [2.05, 4.69) is 9.97 Å². The van der Waals surface area contributed by atoms with Crippen LogP contribution in [0.1, 0.15) is 34.9 Å². The summed E-state index contributed by atoms with van der Waals surface area (Å²) in [4.78, 5) is 19.5. The molecule has 0 spiro atoms. The van der Waals surface area contributed by atoms with E-state index in [0.29, 0.717) is 11.2 Å². The molecular weight excluding hydrogens is 356 g/mol. The number of imidazole rings is 2. The van der Waals surface area contributed by atoms with E-state index in [9.17, 15) is 9.90 Å². The maximum atomic E-state index is 11.4. The number of pyridine rings is 2. The zero-order chi connectivity index (χ0) is 19.9. The van der Waals surface area contributed by atoms with Gasteiger partial charge >= 0.3 is 0 Å². The van der Waals surface area contributed by atoms with Crippen molar-refractivity contribution in [3.63, 3.8) is 0 Å². The Labute approximate surface area is 160 Å². The molecule has 0 fully saturated rings. The second-order valence-electron chi connectivity index (χ2n) is 5.90. The van der Waals surface area contributed by atoms with Crippen molar-refractivity contribution in [2.45, 2.75) is 18.9 Å². The lowest BCUT2D eigenvalue weighted by Crippen LogP contribution is -1.98. The summed E-state index contributed by atoms with van der Waals surface area (Å²) in [6.07, 6.45) is 9.86. The van der Waals surface area contributed by atoms with Crippen LogP contribution < -0.4 is 0 Å². The third-order valence-corrected chi connectivity index (χ3v) is 4.05. The molecule has 4 aromatic heterocycles. The van der Waals surface area contributed by atoms with Gasteiger partial charge in [0, 0.05) is 42.7 Å². The molecule has 1 N–H and O–H groups in total. The summed E-state index contributed by atoms with van der Waals surface area (Å²) in [5.74, 6) is -0.169. The smallest absolute Gasteiger partial charge is 0.177 e. The van der Waals surface area contributed by atoms with Gasteiger partial charge in [-0.25, -0.2) is 9.97 Å². The molecule has 8 heteroatoms. The molecule has 0 saturated heterocycles. The van der Waals surface area contributed by atoms with Crippen molar-refractivity contribution in [1.29, 1.82) is 10.5 Å². The number of Topliss-reactive ketones (excluding diaryl/α,β-unsaturated/α-hetero) is 1. The highest BCUT2D eigenvalue weighted by Crippen LogP contribution is 2.17. The molecule has 0 amide bonds. The number of hydrogen-bond donors (Lipinski definition) is 1. The van der Waals surface area contributed by atoms with E-state index in [1.165, 1.54) is 0 Å². The highest BCUT2D eigenvalue weighted by atomic mass is 16.3. The molecule has 4 rings (SSSR count). The first-order chi connectivity index (χ1) is 13.6. The zero-order valence-corrected chi connectivity index (χ0v) is 14.8. The number of ketones is 1. The Kier molecular flexibility index (Phi) is 5.75. The van der Waals surface area contributed by atoms with Gasteiger partial charge in [-0.05, 0) is 29.8 Å². The van der Waals surface area contributed by atoms with Crippen molar-refractivity contribution in [3.05, 3.63) is 72.6 Å². The number of fused-ring (bicyclic) bond motifs is 2. The molecule has 8 nitrogen and oxygen atoms in total. The van der Waals surface area contributed by atoms with Gasteiger partial charge in [-0.2, -0.15) is 10.5 Å². The molecule has 0 aliphatic carbocycles. The minimum Gasteiger partial charge on any atom is -0.387 e. The average molecular weight is 372 g/mol. The molecule has 4 heterocycles. The Morgan fingerprint density at radius 3 is 2.29 bits per heavy atom. The molecule has 4 aromatic rings. The highest BCUT2D eigenvalue weighted by Gasteiger charge is 2.07. The lowest BCUT2D eigenvalue weighted by atomic mass is 10.1. The molecule has 138 valence electrons. The second-order valence-corrected chi connectivity index (χ2v) is 5.90. The largest absolute Gasteiger partial charge is 0.387 e. The topological polar surface area (TPSA) is 119 Å². The van der Waals surface area contributed by atoms with Gasteiger partial charge in [0.2, 0.25) is 0 Å². The third-order valence-electron chi connectivity index (χ3n) is 4.05. The molecule has 1 atom stereocenters. The Morgan fingerprint density at radius 1 is 1.00 bits per heavy atom. The van der Waals surface area contributed by atoms with Crippen LogP contribution in [0.4, 0.5) is 0 Å². The number of aliphatic hydroxyl groups excluding tert-OH is 1. The van der Waals surface area contributed by atoms with E-state index in [4.69, 9.17) is 10.5 Å². The normalized spacial score (nSPS) is 11.2. The van der Waals surface area contributed by atoms with Crippen LogP contribution in [-0.4, -0.2) is 29.7 Å². The Morgan fingerprint density at radius 2 is 1.64 bits per heavy atom. The van der Waals surface area contributed by atoms with Gasteiger partial charge in [-0.15, -0.1) is 0 Å². The molecule has 28 heavy (non-hydrogen) atoms. The molecule has 0 radical (unpaired) electrons. The Balaban J connectivity index is 0.000000161. The summed E-state index contributed by atoms with van der Waals surface area (Å²) in [7, 11) is 0. The quantitative estimate of drug-likeness (QED) is 0.550. The SMILES string of the molecule is N#CCC(=O)c1ccn2ccnc2c1.N#CCC(O)c1ccn2ccnc2c1. The van der Waals surface area contributed by atoms with Crippen LogP contribution in [-0.2, 0) is 0 Å². The summed E-state index contributed by atoms with van der Waals surface area (Å²) in [6.45, 7) is 0. The maximum absolute atomic E-state index is 11.4. The van der Waals surface area contributed by atoms with Gasteiger partial charge in [0.25, 0.3) is 0 Å². The van der Waals surface area contributed by atoms with Crippen LogP contribution in [0.15, 0.2) is 61.4 Å². The fourth-order valence-electron chi connectivity index (χ4n) is 2.60. The van der Waals surface area contributed by atoms with Crippen LogP contribution in [0.25, 0.3) is 11.3 Å². The summed E-state index contributed by atoms with van der Waals surface area (Å²) < 4.78 is 3.66. The van der Waals surface area contributed by atoms with Crippen LogP contribution >= 0.6 is 0 Å². The first kappa shape index (κ1) is 18.8. The average Bonchev–Trinajstić information content (AvgIpc) is 3.36. The summed E-state index contributed by atoms with van der Waals surface area (Å²) in [5, 5.41) is 26.4. The van der Waals surface area contributed by atoms with Crippen molar-refractivity contribution in [2.24, 2.45) is 0 Å². The predicted molar refractivity (Wildman–Crippen MR) is 100 cm³/mol. The van der Waals surface area contributed by atoms with Gasteiger partial charge in [-0.3, -0.25) is 4.79 Å². The van der Waals surface area contributed by atoms with Gasteiger partial charge in [-0.1, -0.05) is 0 Å². The fourth-order valence-corrected chi connectivity index (χ4v) is 2.60. The fraction of sp³-hybridized carbons (Fsp3) is 0.150. The monoisotopic (exact) mass is 372 g/mol. The molecule has 0 saturated carbocycles. The summed E-state index contributed by atoms with van der Waals surface area (Å²) in [6, 6.07) is 10.7. The van der Waals surface area contributed by atoms with Crippen molar-refractivity contribution in [1.82, 2.24) is 18.8 Å². The van der Waals surface area contributed by atoms with Crippen molar-refractivity contribution < 1.29 is 9.90 Å². The van der Waals surface area contributed by atoms with E-state index < -0.39 is 6.10 Å². The van der Waals surface area contributed by atoms with E-state index in [1.807, 2.05) is 33.3 Å². The molecule has 0 aliphatic rings. The van der Waals surface area contributed by atoms with Gasteiger partial charge < -0.3 is 13.9 Å². The van der Waals surface area contributed by atoms with Crippen LogP contribution in [0.5, 0.6) is 0 Å². The highest BCUT2D eigenvalue weighted by molar-refractivity contribution is 5.98. The standard InChI is InChI=1S/C10H9N3O.C10H7N3O/c2*11-3-1-9(14)8-2-5-13-6-4-12-10(13)7-8/h2,4-7,9,14H,1H2;2,4-7H,1H2. The van der Waals surface area contributed by atoms with Crippen LogP contribution in [0.3, 0.4) is 0 Å². The van der Waals surface area contributed by atoms with Crippen LogP contribution in [0, 0.1) is 22.7 Å². The van der Waals surface area contributed by atoms with Gasteiger partial charge in [0.15, 0.2) is 5.78 Å². The van der Waals surface area contributed by atoms with E-state index in [0.717, 1.165) is 11.2 Å². The molecule has 1 unspecified atom stereocenters. The predicted octanol–water partition coefficient (Wildman–Crippen LogP) is 2.71. The van der Waals surface area contributed by atoms with E-state index in [-0.39, 0.29) is 18.6 Å². The lowest BCUT2D eigenvalue weighted by Gasteiger charge is -2.06. The van der Waals surface area contributed by atoms with Gasteiger partial charge in [0.1, 0.15) is 11.3 Å². The first-order valence-corrected chi connectivity index (χ1v) is 8.43. The summed E-state index contributed by atoms with van der Waals surface area (Å²) in [5.41, 5.74) is 2.75. The maximum Gasteiger partial charge on any atom is 0.177 e. The molecule has 0 aliphatic heterocycles. The zero-order valence-electron chi connectivity index (χ0n) is 14.8. The van der Waals surface area contributed by atoms with E-state index >= 15 is 0 Å². The minimum absolute atomic E-state index is 0.0864. The number of rotatable bonds is 4. The van der Waals surface area contributed by atoms with Crippen molar-refractivity contribution in [3.8, 4) is 12.1 Å². The first-order valence-electron chi connectivity index (χ1n) is 8.43.